The number of hydrogen-bond acceptors (Lipinski definition) is 6. The highest BCUT2D eigenvalue weighted by Crippen LogP contribution is 2.31. The molecule has 4 rings (SSSR count). The number of carbonyl (C=O) groups excluding carboxylic acids is 3. The number of aromatic amines is 1. The van der Waals surface area contributed by atoms with Gasteiger partial charge in [0.05, 0.1) is 18.1 Å². The molecule has 2 saturated heterocycles. The van der Waals surface area contributed by atoms with Crippen LogP contribution in [0, 0.1) is 0 Å². The molecule has 1 aromatic heterocycles. The van der Waals surface area contributed by atoms with Crippen LogP contribution < -0.4 is 10.2 Å². The number of ether oxygens (including phenoxy) is 1. The summed E-state index contributed by atoms with van der Waals surface area (Å²) in [5.41, 5.74) is 2.40. The van der Waals surface area contributed by atoms with Gasteiger partial charge in [-0.3, -0.25) is 19.3 Å². The van der Waals surface area contributed by atoms with E-state index in [0.29, 0.717) is 23.8 Å². The van der Waals surface area contributed by atoms with Crippen LogP contribution in [0.2, 0.25) is 0 Å². The number of thioether (sulfide) groups is 1. The molecule has 0 aliphatic carbocycles. The topological polar surface area (TPSA) is 94.7 Å². The van der Waals surface area contributed by atoms with Gasteiger partial charge in [-0.2, -0.15) is 0 Å². The van der Waals surface area contributed by atoms with Gasteiger partial charge in [0.2, 0.25) is 5.91 Å². The lowest BCUT2D eigenvalue weighted by molar-refractivity contribution is -0.127. The van der Waals surface area contributed by atoms with Gasteiger partial charge in [0.25, 0.3) is 11.1 Å². The van der Waals surface area contributed by atoms with Gasteiger partial charge in [-0.05, 0) is 54.2 Å². The second kappa shape index (κ2) is 8.54. The average Bonchev–Trinajstić information content (AvgIpc) is 3.33. The zero-order chi connectivity index (χ0) is 20.2. The molecule has 3 heterocycles. The van der Waals surface area contributed by atoms with E-state index in [1.54, 1.807) is 24.4 Å². The zero-order valence-corrected chi connectivity index (χ0v) is 16.4. The number of imide groups is 1. The van der Waals surface area contributed by atoms with Gasteiger partial charge in [0.1, 0.15) is 6.54 Å². The third-order valence-corrected chi connectivity index (χ3v) is 5.52. The number of nitrogens with zero attached hydrogens (tertiary/aromatic N) is 2. The maximum atomic E-state index is 12.5. The molecular weight excluding hydrogens is 392 g/mol. The van der Waals surface area contributed by atoms with Crippen LogP contribution in [0.5, 0.6) is 0 Å². The molecule has 0 saturated carbocycles. The molecule has 0 radical (unpaired) electrons. The van der Waals surface area contributed by atoms with Gasteiger partial charge < -0.3 is 19.9 Å². The van der Waals surface area contributed by atoms with Crippen molar-refractivity contribution in [2.75, 3.05) is 43.1 Å². The number of amides is 3. The Bertz CT molecular complexity index is 934. The van der Waals surface area contributed by atoms with Gasteiger partial charge in [0.15, 0.2) is 0 Å². The van der Waals surface area contributed by atoms with Gasteiger partial charge in [-0.15, -0.1) is 0 Å². The lowest BCUT2D eigenvalue weighted by Crippen LogP contribution is -2.36. The summed E-state index contributed by atoms with van der Waals surface area (Å²) in [5, 5.41) is 2.28. The first-order valence-electron chi connectivity index (χ1n) is 9.21. The third kappa shape index (κ3) is 4.52. The number of hydrogen-bond donors (Lipinski definition) is 2. The molecule has 0 bridgehead atoms. The first-order valence-corrected chi connectivity index (χ1v) is 10.0. The number of nitrogens with one attached hydrogen (secondary N) is 2. The minimum Gasteiger partial charge on any atom is -0.378 e. The number of morpholine rings is 1. The number of benzene rings is 1. The largest absolute Gasteiger partial charge is 0.378 e. The Hall–Kier alpha value is -3.04. The van der Waals surface area contributed by atoms with Gasteiger partial charge in [-0.25, -0.2) is 0 Å². The van der Waals surface area contributed by atoms with Crippen LogP contribution in [-0.2, 0) is 14.3 Å². The van der Waals surface area contributed by atoms with Crippen LogP contribution in [0.25, 0.3) is 6.08 Å². The van der Waals surface area contributed by atoms with Crippen molar-refractivity contribution in [1.29, 1.82) is 0 Å². The van der Waals surface area contributed by atoms with Crippen molar-refractivity contribution >= 4 is 46.3 Å². The van der Waals surface area contributed by atoms with E-state index in [0.717, 1.165) is 41.1 Å². The van der Waals surface area contributed by atoms with Crippen molar-refractivity contribution in [2.24, 2.45) is 0 Å². The van der Waals surface area contributed by atoms with E-state index in [-0.39, 0.29) is 6.54 Å². The van der Waals surface area contributed by atoms with Gasteiger partial charge in [-0.1, -0.05) is 0 Å². The number of carbonyl (C=O) groups is 3. The molecule has 2 aliphatic rings. The molecule has 29 heavy (non-hydrogen) atoms. The highest BCUT2D eigenvalue weighted by molar-refractivity contribution is 8.18. The van der Waals surface area contributed by atoms with Crippen LogP contribution in [0.3, 0.4) is 0 Å². The summed E-state index contributed by atoms with van der Waals surface area (Å²) in [6.45, 7) is 2.75. The van der Waals surface area contributed by atoms with E-state index in [2.05, 4.69) is 15.2 Å². The summed E-state index contributed by atoms with van der Waals surface area (Å²) < 4.78 is 5.35. The molecule has 2 N–H and O–H groups in total. The predicted molar refractivity (Wildman–Crippen MR) is 112 cm³/mol. The number of H-pyrrole nitrogens is 1. The van der Waals surface area contributed by atoms with E-state index >= 15 is 0 Å². The van der Waals surface area contributed by atoms with Crippen molar-refractivity contribution in [2.45, 2.75) is 0 Å². The monoisotopic (exact) mass is 412 g/mol. The van der Waals surface area contributed by atoms with Crippen molar-refractivity contribution in [1.82, 2.24) is 9.88 Å². The second-order valence-electron chi connectivity index (χ2n) is 6.59. The van der Waals surface area contributed by atoms with E-state index in [1.165, 1.54) is 0 Å². The highest BCUT2D eigenvalue weighted by atomic mass is 32.2. The first kappa shape index (κ1) is 19.3. The van der Waals surface area contributed by atoms with Crippen molar-refractivity contribution < 1.29 is 19.1 Å². The lowest BCUT2D eigenvalue weighted by atomic mass is 10.2. The predicted octanol–water partition coefficient (Wildman–Crippen LogP) is 2.53. The molecule has 0 spiro atoms. The Kier molecular flexibility index (Phi) is 5.68. The molecule has 3 amide bonds. The van der Waals surface area contributed by atoms with E-state index < -0.39 is 17.1 Å². The summed E-state index contributed by atoms with van der Waals surface area (Å²) in [6, 6.07) is 11.1. The second-order valence-corrected chi connectivity index (χ2v) is 7.58. The normalized spacial score (nSPS) is 18.6. The van der Waals surface area contributed by atoms with Crippen LogP contribution in [0.15, 0.2) is 47.5 Å². The molecule has 0 atom stereocenters. The molecule has 150 valence electrons. The SMILES string of the molecule is O=C(CN1C(=O)S/C(=C/c2ccc[nH]2)C1=O)Nc1ccc(N2CCOCC2)cc1. The maximum Gasteiger partial charge on any atom is 0.294 e. The summed E-state index contributed by atoms with van der Waals surface area (Å²) in [4.78, 5) is 43.4. The van der Waals surface area contributed by atoms with Crippen LogP contribution in [-0.4, -0.2) is 59.8 Å². The Morgan fingerprint density at radius 3 is 2.62 bits per heavy atom. The first-order chi connectivity index (χ1) is 14.1. The minimum absolute atomic E-state index is 0.292. The fourth-order valence-electron chi connectivity index (χ4n) is 3.13. The van der Waals surface area contributed by atoms with E-state index in [9.17, 15) is 14.4 Å². The molecule has 0 unspecified atom stereocenters. The number of rotatable bonds is 5. The van der Waals surface area contributed by atoms with Crippen LogP contribution in [0.1, 0.15) is 5.69 Å². The molecule has 2 fully saturated rings. The Labute approximate surface area is 171 Å². The summed E-state index contributed by atoms with van der Waals surface area (Å²) in [6.07, 6.45) is 3.33. The molecule has 2 aromatic rings. The fraction of sp³-hybridized carbons (Fsp3) is 0.250. The maximum absolute atomic E-state index is 12.5. The third-order valence-electron chi connectivity index (χ3n) is 4.61. The van der Waals surface area contributed by atoms with E-state index in [4.69, 9.17) is 4.74 Å². The van der Waals surface area contributed by atoms with Crippen molar-refractivity contribution in [3.63, 3.8) is 0 Å². The van der Waals surface area contributed by atoms with Gasteiger partial charge >= 0.3 is 0 Å². The quantitative estimate of drug-likeness (QED) is 0.733. The van der Waals surface area contributed by atoms with Crippen molar-refractivity contribution in [3.05, 3.63) is 53.2 Å². The standard InChI is InChI=1S/C20H20N4O4S/c25-18(22-14-3-5-16(6-4-14)23-8-10-28-11-9-23)13-24-19(26)17(29-20(24)27)12-15-2-1-7-21-15/h1-7,12,21H,8-11,13H2,(H,22,25)/b17-12+. The van der Waals surface area contributed by atoms with Crippen LogP contribution >= 0.6 is 11.8 Å². The molecule has 2 aliphatic heterocycles. The van der Waals surface area contributed by atoms with E-state index in [1.807, 2.05) is 24.3 Å². The highest BCUT2D eigenvalue weighted by Gasteiger charge is 2.36. The van der Waals surface area contributed by atoms with Crippen LogP contribution in [0.4, 0.5) is 16.2 Å². The summed E-state index contributed by atoms with van der Waals surface area (Å²) in [5.74, 6) is -0.889. The average molecular weight is 412 g/mol. The molecule has 1 aromatic carbocycles. The molecule has 9 heteroatoms. The Morgan fingerprint density at radius 2 is 1.93 bits per heavy atom. The molecular formula is C20H20N4O4S. The lowest BCUT2D eigenvalue weighted by Gasteiger charge is -2.28. The van der Waals surface area contributed by atoms with Crippen molar-refractivity contribution in [3.8, 4) is 0 Å². The summed E-state index contributed by atoms with van der Waals surface area (Å²) >= 11 is 0.829. The number of anilines is 2. The Morgan fingerprint density at radius 1 is 1.17 bits per heavy atom. The fourth-order valence-corrected chi connectivity index (χ4v) is 3.96. The minimum atomic E-state index is -0.465. The Balaban J connectivity index is 1.35. The molecule has 8 nitrogen and oxygen atoms in total. The smallest absolute Gasteiger partial charge is 0.294 e. The summed E-state index contributed by atoms with van der Waals surface area (Å²) in [7, 11) is 0. The van der Waals surface area contributed by atoms with Gasteiger partial charge in [0, 0.05) is 36.4 Å². The zero-order valence-electron chi connectivity index (χ0n) is 15.6. The number of aromatic nitrogens is 1.